The van der Waals surface area contributed by atoms with Crippen LogP contribution in [0.15, 0.2) is 39.9 Å². The molecule has 1 rings (SSSR count). The second kappa shape index (κ2) is 4.72. The van der Waals surface area contributed by atoms with Gasteiger partial charge in [-0.25, -0.2) is 0 Å². The van der Waals surface area contributed by atoms with Crippen LogP contribution < -0.4 is 0 Å². The smallest absolute Gasteiger partial charge is 0.178 e. The average molecular weight is 194 g/mol. The van der Waals surface area contributed by atoms with E-state index in [2.05, 4.69) is 12.6 Å². The summed E-state index contributed by atoms with van der Waals surface area (Å²) in [5.74, 6) is 0.572. The van der Waals surface area contributed by atoms with Crippen LogP contribution in [0.25, 0.3) is 6.08 Å². The van der Waals surface area contributed by atoms with Crippen molar-refractivity contribution in [2.24, 2.45) is 0 Å². The summed E-state index contributed by atoms with van der Waals surface area (Å²) < 4.78 is 5.11. The highest BCUT2D eigenvalue weighted by Crippen LogP contribution is 2.12. The predicted octanol–water partition coefficient (Wildman–Crippen LogP) is 2.73. The van der Waals surface area contributed by atoms with Gasteiger partial charge in [-0.3, -0.25) is 4.79 Å². The Morgan fingerprint density at radius 2 is 2.23 bits per heavy atom. The zero-order chi connectivity index (χ0) is 9.68. The summed E-state index contributed by atoms with van der Waals surface area (Å²) in [4.78, 5) is 11.0. The number of furan rings is 1. The minimum atomic E-state index is -0.0559. The van der Waals surface area contributed by atoms with Crippen molar-refractivity contribution in [2.45, 2.75) is 12.0 Å². The summed E-state index contributed by atoms with van der Waals surface area (Å²) in [6.45, 7) is 1.80. The first kappa shape index (κ1) is 9.86. The summed E-state index contributed by atoms with van der Waals surface area (Å²) in [6.07, 6.45) is 6.24. The van der Waals surface area contributed by atoms with Crippen LogP contribution in [0.4, 0.5) is 0 Å². The lowest BCUT2D eigenvalue weighted by molar-refractivity contribution is -0.110. The van der Waals surface area contributed by atoms with Gasteiger partial charge in [0.05, 0.1) is 0 Å². The van der Waals surface area contributed by atoms with Crippen LogP contribution in [-0.2, 0) is 4.79 Å². The topological polar surface area (TPSA) is 30.2 Å². The second-order valence-electron chi connectivity index (χ2n) is 2.41. The molecular formula is C10H10O2S. The molecule has 0 N–H and O–H groups in total. The van der Waals surface area contributed by atoms with Crippen LogP contribution in [0, 0.1) is 0 Å². The molecular weight excluding hydrogens is 184 g/mol. The van der Waals surface area contributed by atoms with Gasteiger partial charge in [-0.2, -0.15) is 0 Å². The predicted molar refractivity (Wildman–Crippen MR) is 54.8 cm³/mol. The Kier molecular flexibility index (Phi) is 3.58. The molecule has 0 amide bonds. The van der Waals surface area contributed by atoms with Gasteiger partial charge in [0.1, 0.15) is 5.76 Å². The van der Waals surface area contributed by atoms with Crippen LogP contribution in [0.2, 0.25) is 0 Å². The minimum absolute atomic E-state index is 0.0559. The van der Waals surface area contributed by atoms with Crippen molar-refractivity contribution < 1.29 is 9.21 Å². The summed E-state index contributed by atoms with van der Waals surface area (Å²) in [7, 11) is 0. The highest BCUT2D eigenvalue weighted by atomic mass is 32.1. The van der Waals surface area contributed by atoms with E-state index in [4.69, 9.17) is 4.42 Å². The van der Waals surface area contributed by atoms with E-state index in [1.54, 1.807) is 31.2 Å². The molecule has 0 bridgehead atoms. The third-order valence-electron chi connectivity index (χ3n) is 1.36. The summed E-state index contributed by atoms with van der Waals surface area (Å²) in [5, 5.41) is 0.540. The van der Waals surface area contributed by atoms with Crippen molar-refractivity contribution in [1.82, 2.24) is 0 Å². The molecule has 0 aliphatic rings. The van der Waals surface area contributed by atoms with Gasteiger partial charge in [0.2, 0.25) is 0 Å². The van der Waals surface area contributed by atoms with Crippen molar-refractivity contribution in [3.05, 3.63) is 36.1 Å². The Labute approximate surface area is 82.4 Å². The van der Waals surface area contributed by atoms with Crippen molar-refractivity contribution >= 4 is 24.5 Å². The van der Waals surface area contributed by atoms with Crippen molar-refractivity contribution in [2.75, 3.05) is 0 Å². The molecule has 1 heterocycles. The zero-order valence-electron chi connectivity index (χ0n) is 7.23. The van der Waals surface area contributed by atoms with Gasteiger partial charge in [-0.05, 0) is 37.3 Å². The van der Waals surface area contributed by atoms with Crippen molar-refractivity contribution in [1.29, 1.82) is 0 Å². The molecule has 0 saturated carbocycles. The van der Waals surface area contributed by atoms with E-state index in [9.17, 15) is 4.79 Å². The van der Waals surface area contributed by atoms with Gasteiger partial charge in [0, 0.05) is 0 Å². The molecule has 0 unspecified atom stereocenters. The largest absolute Gasteiger partial charge is 0.451 e. The Morgan fingerprint density at radius 3 is 2.77 bits per heavy atom. The van der Waals surface area contributed by atoms with Gasteiger partial charge in [0.15, 0.2) is 10.9 Å². The molecule has 0 spiro atoms. The molecule has 0 aliphatic heterocycles. The molecule has 1 aromatic heterocycles. The Morgan fingerprint density at radius 1 is 1.46 bits per heavy atom. The third-order valence-corrected chi connectivity index (χ3v) is 1.60. The van der Waals surface area contributed by atoms with Gasteiger partial charge < -0.3 is 4.42 Å². The molecule has 0 atom stereocenters. The first-order valence-electron chi connectivity index (χ1n) is 3.86. The lowest BCUT2D eigenvalue weighted by atomic mass is 10.3. The van der Waals surface area contributed by atoms with Crippen LogP contribution >= 0.6 is 12.6 Å². The van der Waals surface area contributed by atoms with E-state index >= 15 is 0 Å². The van der Waals surface area contributed by atoms with Crippen LogP contribution in [-0.4, -0.2) is 5.78 Å². The number of carbonyl (C=O) groups excluding carboxylic acids is 1. The summed E-state index contributed by atoms with van der Waals surface area (Å²) >= 11 is 3.99. The number of thiol groups is 1. The summed E-state index contributed by atoms with van der Waals surface area (Å²) in [5.41, 5.74) is 0. The number of allylic oxidation sites excluding steroid dienone is 3. The lowest BCUT2D eigenvalue weighted by Crippen LogP contribution is -1.82. The molecule has 0 aliphatic carbocycles. The minimum Gasteiger partial charge on any atom is -0.451 e. The maximum Gasteiger partial charge on any atom is 0.178 e. The number of ketones is 1. The Bertz CT molecular complexity index is 348. The van der Waals surface area contributed by atoms with E-state index < -0.39 is 0 Å². The molecule has 0 saturated heterocycles. The standard InChI is InChI=1S/C10H10O2S/c1-2-3-8(11)4-5-9-6-7-10(13)12-9/h2-7,13H,1H3/b3-2+,5-4+. The van der Waals surface area contributed by atoms with E-state index in [1.165, 1.54) is 12.2 Å². The second-order valence-corrected chi connectivity index (χ2v) is 2.85. The molecule has 1 aromatic rings. The fourth-order valence-electron chi connectivity index (χ4n) is 0.816. The van der Waals surface area contributed by atoms with E-state index in [0.29, 0.717) is 10.9 Å². The zero-order valence-corrected chi connectivity index (χ0v) is 8.12. The maximum atomic E-state index is 11.0. The lowest BCUT2D eigenvalue weighted by Gasteiger charge is -1.83. The van der Waals surface area contributed by atoms with Gasteiger partial charge in [0.25, 0.3) is 0 Å². The van der Waals surface area contributed by atoms with E-state index in [-0.39, 0.29) is 5.78 Å². The van der Waals surface area contributed by atoms with Crippen molar-refractivity contribution in [3.8, 4) is 0 Å². The van der Waals surface area contributed by atoms with Gasteiger partial charge in [-0.15, -0.1) is 12.6 Å². The number of rotatable bonds is 3. The molecule has 68 valence electrons. The highest BCUT2D eigenvalue weighted by molar-refractivity contribution is 7.80. The van der Waals surface area contributed by atoms with Crippen LogP contribution in [0.3, 0.4) is 0 Å². The molecule has 3 heteroatoms. The number of hydrogen-bond donors (Lipinski definition) is 1. The average Bonchev–Trinajstić information content (AvgIpc) is 2.49. The van der Waals surface area contributed by atoms with E-state index in [1.807, 2.05) is 0 Å². The fraction of sp³-hybridized carbons (Fsp3) is 0.100. The van der Waals surface area contributed by atoms with Gasteiger partial charge in [-0.1, -0.05) is 6.08 Å². The number of hydrogen-bond acceptors (Lipinski definition) is 3. The van der Waals surface area contributed by atoms with E-state index in [0.717, 1.165) is 0 Å². The first-order chi connectivity index (χ1) is 6.22. The Balaban J connectivity index is 2.63. The molecule has 13 heavy (non-hydrogen) atoms. The van der Waals surface area contributed by atoms with Crippen LogP contribution in [0.5, 0.6) is 0 Å². The number of carbonyl (C=O) groups is 1. The Hall–Kier alpha value is -1.22. The summed E-state index contributed by atoms with van der Waals surface area (Å²) in [6, 6.07) is 3.48. The molecule has 2 nitrogen and oxygen atoms in total. The van der Waals surface area contributed by atoms with Crippen molar-refractivity contribution in [3.63, 3.8) is 0 Å². The molecule has 0 fully saturated rings. The normalized spacial score (nSPS) is 11.5. The van der Waals surface area contributed by atoms with Crippen LogP contribution in [0.1, 0.15) is 12.7 Å². The molecule has 0 radical (unpaired) electrons. The first-order valence-corrected chi connectivity index (χ1v) is 4.30. The third kappa shape index (κ3) is 3.34. The molecule has 0 aromatic carbocycles. The monoisotopic (exact) mass is 194 g/mol. The quantitative estimate of drug-likeness (QED) is 0.592. The fourth-order valence-corrected chi connectivity index (χ4v) is 0.996. The maximum absolute atomic E-state index is 11.0. The SMILES string of the molecule is C/C=C/C(=O)/C=C/c1ccc(S)o1. The highest BCUT2D eigenvalue weighted by Gasteiger charge is 1.94. The van der Waals surface area contributed by atoms with Gasteiger partial charge >= 0.3 is 0 Å².